The normalized spacial score (nSPS) is 10.8. The lowest BCUT2D eigenvalue weighted by Gasteiger charge is -1.90. The van der Waals surface area contributed by atoms with Gasteiger partial charge < -0.3 is 11.1 Å². The summed E-state index contributed by atoms with van der Waals surface area (Å²) >= 11 is 0. The largest absolute Gasteiger partial charge is 0.399 e. The Morgan fingerprint density at radius 1 is 1.58 bits per heavy atom. The molecule has 0 aromatic rings. The van der Waals surface area contributed by atoms with Crippen LogP contribution in [0.3, 0.4) is 0 Å². The molecule has 3 nitrogen and oxygen atoms in total. The van der Waals surface area contributed by atoms with E-state index in [1.54, 1.807) is 31.4 Å². The molecule has 0 saturated carbocycles. The van der Waals surface area contributed by atoms with Crippen molar-refractivity contribution in [1.29, 1.82) is 0 Å². The molecule has 0 rings (SSSR count). The van der Waals surface area contributed by atoms with Crippen molar-refractivity contribution in [2.24, 2.45) is 5.73 Å². The van der Waals surface area contributed by atoms with E-state index in [1.165, 1.54) is 0 Å². The third-order valence-corrected chi connectivity index (χ3v) is 1.14. The zero-order chi connectivity index (χ0) is 9.40. The number of nitrogens with two attached hydrogens (primary N) is 1. The molecule has 0 radical (unpaired) electrons. The van der Waals surface area contributed by atoms with E-state index in [4.69, 9.17) is 5.73 Å². The number of hydrogen-bond acceptors (Lipinski definition) is 2. The molecule has 12 heavy (non-hydrogen) atoms. The summed E-state index contributed by atoms with van der Waals surface area (Å²) in [6, 6.07) is 0. The van der Waals surface area contributed by atoms with Crippen LogP contribution < -0.4 is 11.1 Å². The first-order chi connectivity index (χ1) is 5.66. The minimum Gasteiger partial charge on any atom is -0.399 e. The molecule has 1 amide bonds. The standard InChI is InChI=1S/C9H14N2O/c1-8(10)6-4-3-5-7-9(12)11-2/h3-6H,1,7,10H2,2H3,(H,11,12)/b5-3-,6-4-. The molecular weight excluding hydrogens is 152 g/mol. The van der Waals surface area contributed by atoms with Crippen LogP contribution in [0.4, 0.5) is 0 Å². The van der Waals surface area contributed by atoms with E-state index >= 15 is 0 Å². The number of rotatable bonds is 4. The molecule has 0 fully saturated rings. The SMILES string of the molecule is C=C(N)/C=C\C=C/CC(=O)NC. The molecule has 0 saturated heterocycles. The quantitative estimate of drug-likeness (QED) is 0.604. The Morgan fingerprint density at radius 3 is 2.75 bits per heavy atom. The van der Waals surface area contributed by atoms with Gasteiger partial charge in [0.2, 0.25) is 5.91 Å². The molecule has 0 aliphatic carbocycles. The maximum atomic E-state index is 10.7. The van der Waals surface area contributed by atoms with Crippen molar-refractivity contribution in [2.45, 2.75) is 6.42 Å². The van der Waals surface area contributed by atoms with Gasteiger partial charge >= 0.3 is 0 Å². The Labute approximate surface area is 72.6 Å². The van der Waals surface area contributed by atoms with Crippen molar-refractivity contribution in [3.8, 4) is 0 Å². The van der Waals surface area contributed by atoms with Gasteiger partial charge in [0.05, 0.1) is 0 Å². The summed E-state index contributed by atoms with van der Waals surface area (Å²) < 4.78 is 0. The second kappa shape index (κ2) is 6.22. The first-order valence-electron chi connectivity index (χ1n) is 3.65. The van der Waals surface area contributed by atoms with Crippen LogP contribution in [0.1, 0.15) is 6.42 Å². The molecular formula is C9H14N2O. The smallest absolute Gasteiger partial charge is 0.223 e. The molecule has 0 bridgehead atoms. The highest BCUT2D eigenvalue weighted by atomic mass is 16.1. The average Bonchev–Trinajstić information content (AvgIpc) is 2.03. The zero-order valence-electron chi connectivity index (χ0n) is 7.21. The highest BCUT2D eigenvalue weighted by Crippen LogP contribution is 1.86. The van der Waals surface area contributed by atoms with Crippen LogP contribution in [0.2, 0.25) is 0 Å². The van der Waals surface area contributed by atoms with E-state index in [1.807, 2.05) is 0 Å². The van der Waals surface area contributed by atoms with Gasteiger partial charge in [-0.05, 0) is 6.08 Å². The molecule has 0 heterocycles. The Hall–Kier alpha value is -1.51. The van der Waals surface area contributed by atoms with Crippen molar-refractivity contribution in [2.75, 3.05) is 7.05 Å². The van der Waals surface area contributed by atoms with Crippen LogP contribution in [-0.2, 0) is 4.79 Å². The molecule has 0 aromatic carbocycles. The lowest BCUT2D eigenvalue weighted by Crippen LogP contribution is -2.15. The highest BCUT2D eigenvalue weighted by molar-refractivity contribution is 5.77. The summed E-state index contributed by atoms with van der Waals surface area (Å²) in [6.07, 6.45) is 7.30. The van der Waals surface area contributed by atoms with Crippen LogP contribution in [-0.4, -0.2) is 13.0 Å². The van der Waals surface area contributed by atoms with Crippen molar-refractivity contribution < 1.29 is 4.79 Å². The summed E-state index contributed by atoms with van der Waals surface area (Å²) in [4.78, 5) is 10.7. The van der Waals surface area contributed by atoms with Crippen LogP contribution in [0.5, 0.6) is 0 Å². The predicted octanol–water partition coefficient (Wildman–Crippen LogP) is 0.707. The van der Waals surface area contributed by atoms with Gasteiger partial charge in [0, 0.05) is 19.2 Å². The minimum absolute atomic E-state index is 0.00812. The molecule has 0 aliphatic heterocycles. The maximum absolute atomic E-state index is 10.7. The Kier molecular flexibility index (Phi) is 5.43. The molecule has 0 aliphatic rings. The molecule has 0 spiro atoms. The van der Waals surface area contributed by atoms with Gasteiger partial charge in [0.15, 0.2) is 0 Å². The Bertz CT molecular complexity index is 217. The van der Waals surface area contributed by atoms with Crippen LogP contribution in [0.25, 0.3) is 0 Å². The number of allylic oxidation sites excluding steroid dienone is 3. The third kappa shape index (κ3) is 6.61. The first kappa shape index (κ1) is 10.5. The van der Waals surface area contributed by atoms with Gasteiger partial charge in [-0.1, -0.05) is 24.8 Å². The summed E-state index contributed by atoms with van der Waals surface area (Å²) in [5.74, 6) is -0.00812. The maximum Gasteiger partial charge on any atom is 0.223 e. The number of nitrogens with one attached hydrogen (secondary N) is 1. The monoisotopic (exact) mass is 166 g/mol. The average molecular weight is 166 g/mol. The van der Waals surface area contributed by atoms with Crippen LogP contribution in [0.15, 0.2) is 36.6 Å². The number of hydrogen-bond donors (Lipinski definition) is 2. The van der Waals surface area contributed by atoms with Crippen molar-refractivity contribution in [3.05, 3.63) is 36.6 Å². The van der Waals surface area contributed by atoms with E-state index in [0.29, 0.717) is 12.1 Å². The molecule has 0 atom stereocenters. The molecule has 66 valence electrons. The summed E-state index contributed by atoms with van der Waals surface area (Å²) in [5, 5.41) is 2.51. The lowest BCUT2D eigenvalue weighted by molar-refractivity contribution is -0.119. The van der Waals surface area contributed by atoms with Crippen LogP contribution in [0, 0.1) is 0 Å². The number of carbonyl (C=O) groups excluding carboxylic acids is 1. The Morgan fingerprint density at radius 2 is 2.25 bits per heavy atom. The van der Waals surface area contributed by atoms with Crippen molar-refractivity contribution >= 4 is 5.91 Å². The Balaban J connectivity index is 3.63. The fourth-order valence-corrected chi connectivity index (χ4v) is 0.535. The van der Waals surface area contributed by atoms with E-state index < -0.39 is 0 Å². The van der Waals surface area contributed by atoms with Gasteiger partial charge in [-0.25, -0.2) is 0 Å². The van der Waals surface area contributed by atoms with E-state index in [2.05, 4.69) is 11.9 Å². The zero-order valence-corrected chi connectivity index (χ0v) is 7.21. The fourth-order valence-electron chi connectivity index (χ4n) is 0.535. The van der Waals surface area contributed by atoms with Gasteiger partial charge in [-0.3, -0.25) is 4.79 Å². The van der Waals surface area contributed by atoms with Gasteiger partial charge in [0.1, 0.15) is 0 Å². The second-order valence-electron chi connectivity index (χ2n) is 2.24. The van der Waals surface area contributed by atoms with Gasteiger partial charge in [-0.2, -0.15) is 0 Å². The van der Waals surface area contributed by atoms with E-state index in [0.717, 1.165) is 0 Å². The number of carbonyl (C=O) groups is 1. The summed E-state index contributed by atoms with van der Waals surface area (Å²) in [7, 11) is 1.60. The summed E-state index contributed by atoms with van der Waals surface area (Å²) in [6.45, 7) is 3.48. The van der Waals surface area contributed by atoms with Crippen molar-refractivity contribution in [1.82, 2.24) is 5.32 Å². The second-order valence-corrected chi connectivity index (χ2v) is 2.24. The van der Waals surface area contributed by atoms with Gasteiger partial charge in [-0.15, -0.1) is 0 Å². The molecule has 3 N–H and O–H groups in total. The topological polar surface area (TPSA) is 55.1 Å². The molecule has 0 unspecified atom stereocenters. The fraction of sp³-hybridized carbons (Fsp3) is 0.222. The molecule has 3 heteroatoms. The highest BCUT2D eigenvalue weighted by Gasteiger charge is 1.88. The van der Waals surface area contributed by atoms with E-state index in [-0.39, 0.29) is 5.91 Å². The minimum atomic E-state index is -0.00812. The number of amides is 1. The summed E-state index contributed by atoms with van der Waals surface area (Å²) in [5.41, 5.74) is 5.77. The molecule has 0 aromatic heterocycles. The van der Waals surface area contributed by atoms with E-state index in [9.17, 15) is 4.79 Å². The lowest BCUT2D eigenvalue weighted by atomic mass is 10.3. The third-order valence-electron chi connectivity index (χ3n) is 1.14. The van der Waals surface area contributed by atoms with Crippen molar-refractivity contribution in [3.63, 3.8) is 0 Å². The van der Waals surface area contributed by atoms with Gasteiger partial charge in [0.25, 0.3) is 0 Å². The van der Waals surface area contributed by atoms with Crippen LogP contribution >= 0.6 is 0 Å². The predicted molar refractivity (Wildman–Crippen MR) is 50.3 cm³/mol. The first-order valence-corrected chi connectivity index (χ1v) is 3.65.